The average molecular weight is 665 g/mol. The Bertz CT molecular complexity index is 2010. The summed E-state index contributed by atoms with van der Waals surface area (Å²) in [5.74, 6) is -0.654. The molecule has 254 valence electrons. The number of fused-ring (bicyclic) bond motifs is 4. The Morgan fingerprint density at radius 2 is 1.78 bits per heavy atom. The van der Waals surface area contributed by atoms with Gasteiger partial charge in [0.05, 0.1) is 18.2 Å². The summed E-state index contributed by atoms with van der Waals surface area (Å²) in [6.45, 7) is 7.01. The number of piperidine rings is 1. The lowest BCUT2D eigenvalue weighted by molar-refractivity contribution is 0.115. The lowest BCUT2D eigenvalue weighted by atomic mass is 9.89. The highest BCUT2D eigenvalue weighted by atomic mass is 19.1. The molecule has 2 bridgehead atoms. The van der Waals surface area contributed by atoms with Crippen LogP contribution < -0.4 is 15.0 Å². The van der Waals surface area contributed by atoms with Crippen LogP contribution in [0, 0.1) is 33.8 Å². The zero-order valence-electron chi connectivity index (χ0n) is 28.0. The molecule has 8 nitrogen and oxygen atoms in total. The summed E-state index contributed by atoms with van der Waals surface area (Å²) in [6.07, 6.45) is 10.0. The molecule has 3 saturated heterocycles. The highest BCUT2D eigenvalue weighted by molar-refractivity contribution is 6.04. The molecule has 49 heavy (non-hydrogen) atoms. The fourth-order valence-corrected chi connectivity index (χ4v) is 8.94. The third kappa shape index (κ3) is 5.46. The molecule has 4 aromatic rings. The van der Waals surface area contributed by atoms with E-state index in [1.807, 2.05) is 6.92 Å². The first-order valence-electron chi connectivity index (χ1n) is 18.0. The van der Waals surface area contributed by atoms with Gasteiger partial charge in [0.1, 0.15) is 22.9 Å². The van der Waals surface area contributed by atoms with Crippen LogP contribution in [0.15, 0.2) is 30.3 Å². The van der Waals surface area contributed by atoms with Crippen LogP contribution in [0.25, 0.3) is 32.8 Å². The fraction of sp³-hybridized carbons (Fsp3) is 0.513. The van der Waals surface area contributed by atoms with Gasteiger partial charge in [0.25, 0.3) is 0 Å². The van der Waals surface area contributed by atoms with Crippen molar-refractivity contribution in [3.63, 3.8) is 0 Å². The summed E-state index contributed by atoms with van der Waals surface area (Å²) < 4.78 is 38.8. The number of hydrogen-bond acceptors (Lipinski definition) is 8. The number of rotatable bonds is 8. The smallest absolute Gasteiger partial charge is 0.319 e. The predicted molar refractivity (Wildman–Crippen MR) is 185 cm³/mol. The van der Waals surface area contributed by atoms with Crippen LogP contribution in [0.1, 0.15) is 69.4 Å². The molecule has 1 spiro atoms. The maximum Gasteiger partial charge on any atom is 0.319 e. The number of nitrogens with one attached hydrogen (secondary N) is 1. The van der Waals surface area contributed by atoms with E-state index in [-0.39, 0.29) is 39.4 Å². The Morgan fingerprint density at radius 1 is 1.02 bits per heavy atom. The first-order chi connectivity index (χ1) is 23.8. The second kappa shape index (κ2) is 11.5. The van der Waals surface area contributed by atoms with Crippen molar-refractivity contribution in [3.8, 4) is 29.0 Å². The van der Waals surface area contributed by atoms with Gasteiger partial charge in [-0.3, -0.25) is 0 Å². The molecule has 2 atom stereocenters. The van der Waals surface area contributed by atoms with Gasteiger partial charge in [0.15, 0.2) is 5.82 Å². The molecule has 9 rings (SSSR count). The first kappa shape index (κ1) is 30.9. The van der Waals surface area contributed by atoms with Crippen molar-refractivity contribution in [1.29, 1.82) is 5.26 Å². The summed E-state index contributed by atoms with van der Waals surface area (Å²) in [7, 11) is 0. The zero-order chi connectivity index (χ0) is 33.5. The van der Waals surface area contributed by atoms with Gasteiger partial charge in [0, 0.05) is 48.1 Å². The van der Waals surface area contributed by atoms with Crippen LogP contribution in [-0.4, -0.2) is 71.4 Å². The van der Waals surface area contributed by atoms with E-state index in [0.717, 1.165) is 45.3 Å². The van der Waals surface area contributed by atoms with E-state index in [1.165, 1.54) is 43.9 Å². The largest absolute Gasteiger partial charge is 0.508 e. The topological polar surface area (TPSA) is 97.5 Å². The van der Waals surface area contributed by atoms with Gasteiger partial charge in [0.2, 0.25) is 0 Å². The minimum absolute atomic E-state index is 0.00984. The number of halogens is 2. The number of ether oxygens (including phenoxy) is 1. The van der Waals surface area contributed by atoms with Crippen LogP contribution in [-0.2, 0) is 6.42 Å². The van der Waals surface area contributed by atoms with Gasteiger partial charge in [-0.15, -0.1) is 0 Å². The number of anilines is 1. The number of nitriles is 1. The highest BCUT2D eigenvalue weighted by Crippen LogP contribution is 2.55. The van der Waals surface area contributed by atoms with Crippen LogP contribution >= 0.6 is 0 Å². The van der Waals surface area contributed by atoms with E-state index in [9.17, 15) is 10.4 Å². The first-order valence-corrected chi connectivity index (χ1v) is 18.0. The molecule has 2 aliphatic carbocycles. The van der Waals surface area contributed by atoms with Crippen molar-refractivity contribution in [1.82, 2.24) is 20.2 Å². The van der Waals surface area contributed by atoms with Crippen molar-refractivity contribution in [2.75, 3.05) is 44.2 Å². The molecule has 5 fully saturated rings. The van der Waals surface area contributed by atoms with Gasteiger partial charge in [-0.1, -0.05) is 13.0 Å². The summed E-state index contributed by atoms with van der Waals surface area (Å²) in [6, 6.07) is 10.5. The number of aromatic nitrogens is 2. The van der Waals surface area contributed by atoms with Gasteiger partial charge in [-0.2, -0.15) is 15.2 Å². The quantitative estimate of drug-likeness (QED) is 0.211. The standard InChI is InChI=1S/C39H42F2N6O2/c1-2-28-31(40)6-3-23-15-27(48)17-29(32(23)28)33-24(18-42)16-30-35(34(33)41)44-37(45-36(30)47-19-25-4-5-26(20-47)43-25)49-22-39(9-10-39)21-46-13-11-38(7-8-38)12-14-46/h3,6,15-17,25-26,43,48H,2,4-5,7-14,19-22H2,1H3. The second-order valence-corrected chi connectivity index (χ2v) is 15.5. The zero-order valence-corrected chi connectivity index (χ0v) is 28.0. The summed E-state index contributed by atoms with van der Waals surface area (Å²) in [5.41, 5.74) is 1.47. The third-order valence-electron chi connectivity index (χ3n) is 12.2. The maximum atomic E-state index is 17.2. The van der Waals surface area contributed by atoms with Gasteiger partial charge in [-0.05, 0) is 122 Å². The number of benzene rings is 3. The molecule has 2 unspecified atom stereocenters. The van der Waals surface area contributed by atoms with Gasteiger partial charge in [-0.25, -0.2) is 8.78 Å². The van der Waals surface area contributed by atoms with Gasteiger partial charge >= 0.3 is 6.01 Å². The average Bonchev–Trinajstić information content (AvgIpc) is 4.03. The molecular formula is C39H42F2N6O2. The molecule has 0 radical (unpaired) electrons. The number of nitrogens with zero attached hydrogens (tertiary/aromatic N) is 5. The Hall–Kier alpha value is -4.07. The van der Waals surface area contributed by atoms with Crippen molar-refractivity contribution in [3.05, 3.63) is 53.1 Å². The molecule has 3 aliphatic heterocycles. The van der Waals surface area contributed by atoms with E-state index in [4.69, 9.17) is 14.7 Å². The van der Waals surface area contributed by atoms with Crippen molar-refractivity contribution < 1.29 is 18.6 Å². The number of likely N-dealkylation sites (tertiary alicyclic amines) is 1. The summed E-state index contributed by atoms with van der Waals surface area (Å²) >= 11 is 0. The van der Waals surface area contributed by atoms with Crippen LogP contribution in [0.2, 0.25) is 0 Å². The van der Waals surface area contributed by atoms with E-state index in [2.05, 4.69) is 21.2 Å². The van der Waals surface area contributed by atoms with E-state index >= 15 is 8.78 Å². The monoisotopic (exact) mass is 664 g/mol. The molecule has 2 N–H and O–H groups in total. The number of aromatic hydroxyl groups is 1. The molecule has 1 aromatic heterocycles. The minimum Gasteiger partial charge on any atom is -0.508 e. The molecule has 4 heterocycles. The Balaban J connectivity index is 1.14. The maximum absolute atomic E-state index is 17.2. The van der Waals surface area contributed by atoms with Crippen molar-refractivity contribution in [2.45, 2.75) is 76.8 Å². The Labute approximate surface area is 285 Å². The lowest BCUT2D eigenvalue weighted by Crippen LogP contribution is -2.51. The molecule has 5 aliphatic rings. The van der Waals surface area contributed by atoms with Crippen LogP contribution in [0.3, 0.4) is 0 Å². The van der Waals surface area contributed by atoms with Crippen LogP contribution in [0.4, 0.5) is 14.6 Å². The third-order valence-corrected chi connectivity index (χ3v) is 12.2. The number of phenols is 1. The predicted octanol–water partition coefficient (Wildman–Crippen LogP) is 6.84. The van der Waals surface area contributed by atoms with Crippen molar-refractivity contribution >= 4 is 27.5 Å². The lowest BCUT2D eigenvalue weighted by Gasteiger charge is -2.35. The van der Waals surface area contributed by atoms with Crippen molar-refractivity contribution in [2.24, 2.45) is 10.8 Å². The molecule has 2 saturated carbocycles. The fourth-order valence-electron chi connectivity index (χ4n) is 8.94. The number of aryl methyl sites for hydroxylation is 1. The molecular weight excluding hydrogens is 622 g/mol. The minimum atomic E-state index is -0.706. The number of hydrogen-bond donors (Lipinski definition) is 2. The Morgan fingerprint density at radius 3 is 2.45 bits per heavy atom. The number of piperazine rings is 1. The Kier molecular flexibility index (Phi) is 7.26. The number of phenolic OH excluding ortho intramolecular Hbond substituents is 1. The van der Waals surface area contributed by atoms with Crippen LogP contribution in [0.5, 0.6) is 11.8 Å². The summed E-state index contributed by atoms with van der Waals surface area (Å²) in [4.78, 5) is 14.4. The second-order valence-electron chi connectivity index (χ2n) is 15.5. The summed E-state index contributed by atoms with van der Waals surface area (Å²) in [5, 5.41) is 26.3. The normalized spacial score (nSPS) is 23.7. The highest BCUT2D eigenvalue weighted by Gasteiger charge is 2.49. The SMILES string of the molecule is CCc1c(F)ccc2cc(O)cc(-c3c(C#N)cc4c(N5CC6CCC(C5)N6)nc(OCC5(CN6CCC7(CC6)CC7)CC5)nc4c3F)c12. The molecule has 10 heteroatoms. The molecule has 0 amide bonds. The van der Waals surface area contributed by atoms with E-state index in [1.54, 1.807) is 12.1 Å². The van der Waals surface area contributed by atoms with Gasteiger partial charge < -0.3 is 25.0 Å². The van der Waals surface area contributed by atoms with E-state index < -0.39 is 11.6 Å². The molecule has 3 aromatic carbocycles. The van der Waals surface area contributed by atoms with E-state index in [0.29, 0.717) is 71.2 Å².